The number of rotatable bonds is 1. The van der Waals surface area contributed by atoms with E-state index in [1.165, 1.54) is 12.5 Å². The van der Waals surface area contributed by atoms with Crippen molar-refractivity contribution in [3.8, 4) is 5.75 Å². The summed E-state index contributed by atoms with van der Waals surface area (Å²) in [5.41, 5.74) is 1.05. The van der Waals surface area contributed by atoms with Gasteiger partial charge in [0.05, 0.1) is 11.3 Å². The van der Waals surface area contributed by atoms with Crippen LogP contribution in [0.2, 0.25) is 0 Å². The summed E-state index contributed by atoms with van der Waals surface area (Å²) in [4.78, 5) is 13.3. The number of aliphatic hydroxyl groups is 1. The van der Waals surface area contributed by atoms with Crippen molar-refractivity contribution in [2.45, 2.75) is 26.9 Å². The van der Waals surface area contributed by atoms with Crippen LogP contribution in [0.5, 0.6) is 5.75 Å². The highest BCUT2D eigenvalue weighted by Gasteiger charge is 2.08. The minimum atomic E-state index is -0.230. The lowest BCUT2D eigenvalue weighted by molar-refractivity contribution is 0.283. The molecule has 0 bridgehead atoms. The molecule has 0 spiro atoms. The van der Waals surface area contributed by atoms with E-state index in [1.807, 2.05) is 0 Å². The molecule has 88 valence electrons. The Hall–Kier alpha value is -1.33. The van der Waals surface area contributed by atoms with Crippen LogP contribution < -0.4 is 4.87 Å². The van der Waals surface area contributed by atoms with Gasteiger partial charge in [-0.05, 0) is 11.6 Å². The molecule has 5 heteroatoms. The standard InChI is InChI=1S/C8H7NO3S.C3H8/c10-3-4-1-2-5(11)6-7(4)13-8(12)9-6;1-3-2/h1-2,10-11H,3H2,(H,9,12);3H2,1-2H3. The number of fused-ring (bicyclic) bond motifs is 1. The molecule has 0 amide bonds. The Morgan fingerprint density at radius 2 is 2.00 bits per heavy atom. The van der Waals surface area contributed by atoms with E-state index in [0.29, 0.717) is 15.8 Å². The van der Waals surface area contributed by atoms with Gasteiger partial charge in [0.15, 0.2) is 0 Å². The number of phenols is 1. The first-order valence-corrected chi connectivity index (χ1v) is 5.90. The van der Waals surface area contributed by atoms with Crippen LogP contribution in [0.1, 0.15) is 25.8 Å². The number of aromatic hydroxyl groups is 1. The number of phenolic OH excluding ortho intramolecular Hbond substituents is 1. The maximum absolute atomic E-state index is 11.0. The molecule has 1 heterocycles. The molecule has 0 aliphatic rings. The number of benzene rings is 1. The van der Waals surface area contributed by atoms with E-state index in [1.54, 1.807) is 6.07 Å². The summed E-state index contributed by atoms with van der Waals surface area (Å²) in [6.07, 6.45) is 1.25. The predicted octanol–water partition coefficient (Wildman–Crippen LogP) is 2.20. The van der Waals surface area contributed by atoms with Crippen molar-refractivity contribution in [2.24, 2.45) is 0 Å². The second-order valence-electron chi connectivity index (χ2n) is 3.33. The molecule has 0 saturated carbocycles. The summed E-state index contributed by atoms with van der Waals surface area (Å²) in [6, 6.07) is 3.05. The summed E-state index contributed by atoms with van der Waals surface area (Å²) in [6.45, 7) is 4.12. The zero-order chi connectivity index (χ0) is 12.1. The third kappa shape index (κ3) is 2.62. The zero-order valence-corrected chi connectivity index (χ0v) is 10.1. The summed E-state index contributed by atoms with van der Waals surface area (Å²) >= 11 is 0.986. The van der Waals surface area contributed by atoms with E-state index in [4.69, 9.17) is 5.11 Å². The number of aliphatic hydroxyl groups excluding tert-OH is 1. The Morgan fingerprint density at radius 1 is 1.38 bits per heavy atom. The Bertz CT molecular complexity index is 515. The first-order chi connectivity index (χ1) is 7.63. The number of aromatic amines is 1. The third-order valence-electron chi connectivity index (χ3n) is 1.81. The molecule has 0 atom stereocenters. The Kier molecular flexibility index (Phi) is 4.52. The van der Waals surface area contributed by atoms with Gasteiger partial charge in [0, 0.05) is 0 Å². The first kappa shape index (κ1) is 12.7. The molecule has 16 heavy (non-hydrogen) atoms. The van der Waals surface area contributed by atoms with Gasteiger partial charge in [-0.2, -0.15) is 0 Å². The highest BCUT2D eigenvalue weighted by atomic mass is 32.1. The summed E-state index contributed by atoms with van der Waals surface area (Å²) in [5, 5.41) is 18.3. The highest BCUT2D eigenvalue weighted by Crippen LogP contribution is 2.27. The molecule has 0 aliphatic heterocycles. The minimum absolute atomic E-state index is 0.0329. The summed E-state index contributed by atoms with van der Waals surface area (Å²) < 4.78 is 0.618. The zero-order valence-electron chi connectivity index (χ0n) is 9.28. The van der Waals surface area contributed by atoms with Gasteiger partial charge < -0.3 is 15.2 Å². The van der Waals surface area contributed by atoms with Crippen LogP contribution in [0, 0.1) is 0 Å². The van der Waals surface area contributed by atoms with Crippen LogP contribution in [0.3, 0.4) is 0 Å². The van der Waals surface area contributed by atoms with Crippen molar-refractivity contribution >= 4 is 21.6 Å². The number of nitrogens with one attached hydrogen (secondary N) is 1. The molecule has 0 aliphatic carbocycles. The summed E-state index contributed by atoms with van der Waals surface area (Å²) in [5.74, 6) is 0.0329. The average Bonchev–Trinajstić information content (AvgIpc) is 2.62. The summed E-state index contributed by atoms with van der Waals surface area (Å²) in [7, 11) is 0. The van der Waals surface area contributed by atoms with Gasteiger partial charge in [-0.15, -0.1) is 0 Å². The third-order valence-corrected chi connectivity index (χ3v) is 2.77. The maximum atomic E-state index is 11.0. The van der Waals surface area contributed by atoms with Crippen molar-refractivity contribution < 1.29 is 10.2 Å². The van der Waals surface area contributed by atoms with E-state index in [2.05, 4.69) is 18.8 Å². The molecule has 2 rings (SSSR count). The van der Waals surface area contributed by atoms with Gasteiger partial charge in [0.2, 0.25) is 0 Å². The lowest BCUT2D eigenvalue weighted by Crippen LogP contribution is -1.89. The SMILES string of the molecule is CCC.O=c1[nH]c2c(O)ccc(CO)c2s1. The normalized spacial score (nSPS) is 9.94. The second kappa shape index (κ2) is 5.67. The van der Waals surface area contributed by atoms with Gasteiger partial charge in [0.25, 0.3) is 0 Å². The van der Waals surface area contributed by atoms with Crippen LogP contribution >= 0.6 is 11.3 Å². The Labute approximate surface area is 97.2 Å². The molecule has 4 nitrogen and oxygen atoms in total. The van der Waals surface area contributed by atoms with Crippen molar-refractivity contribution in [1.29, 1.82) is 0 Å². The topological polar surface area (TPSA) is 73.3 Å². The number of hydrogen-bond acceptors (Lipinski definition) is 4. The van der Waals surface area contributed by atoms with E-state index in [0.717, 1.165) is 11.3 Å². The Balaban J connectivity index is 0.000000386. The van der Waals surface area contributed by atoms with E-state index in [-0.39, 0.29) is 17.2 Å². The van der Waals surface area contributed by atoms with Gasteiger partial charge in [-0.3, -0.25) is 4.79 Å². The monoisotopic (exact) mass is 241 g/mol. The maximum Gasteiger partial charge on any atom is 0.305 e. The largest absolute Gasteiger partial charge is 0.506 e. The fourth-order valence-electron chi connectivity index (χ4n) is 1.20. The molecule has 0 radical (unpaired) electrons. The van der Waals surface area contributed by atoms with Crippen LogP contribution in [-0.2, 0) is 6.61 Å². The quantitative estimate of drug-likeness (QED) is 0.716. The molecule has 1 aromatic carbocycles. The number of hydrogen-bond donors (Lipinski definition) is 3. The molecular weight excluding hydrogens is 226 g/mol. The highest BCUT2D eigenvalue weighted by molar-refractivity contribution is 7.16. The number of H-pyrrole nitrogens is 1. The van der Waals surface area contributed by atoms with Gasteiger partial charge in [0.1, 0.15) is 11.3 Å². The molecule has 0 saturated heterocycles. The molecule has 2 aromatic rings. The molecule has 0 fully saturated rings. The molecule has 0 unspecified atom stereocenters. The second-order valence-corrected chi connectivity index (χ2v) is 4.31. The van der Waals surface area contributed by atoms with Crippen molar-refractivity contribution in [2.75, 3.05) is 0 Å². The Morgan fingerprint density at radius 3 is 2.56 bits per heavy atom. The smallest absolute Gasteiger partial charge is 0.305 e. The van der Waals surface area contributed by atoms with Gasteiger partial charge >= 0.3 is 4.87 Å². The van der Waals surface area contributed by atoms with Crippen LogP contribution in [0.25, 0.3) is 10.2 Å². The van der Waals surface area contributed by atoms with E-state index < -0.39 is 0 Å². The predicted molar refractivity (Wildman–Crippen MR) is 66.0 cm³/mol. The van der Waals surface area contributed by atoms with Crippen LogP contribution in [0.4, 0.5) is 0 Å². The molecule has 1 aromatic heterocycles. The minimum Gasteiger partial charge on any atom is -0.506 e. The lowest BCUT2D eigenvalue weighted by atomic mass is 10.2. The van der Waals surface area contributed by atoms with Crippen molar-refractivity contribution in [1.82, 2.24) is 4.98 Å². The van der Waals surface area contributed by atoms with Gasteiger partial charge in [-0.1, -0.05) is 37.7 Å². The van der Waals surface area contributed by atoms with Gasteiger partial charge in [-0.25, -0.2) is 0 Å². The average molecular weight is 241 g/mol. The van der Waals surface area contributed by atoms with Crippen molar-refractivity contribution in [3.05, 3.63) is 27.4 Å². The fraction of sp³-hybridized carbons (Fsp3) is 0.364. The van der Waals surface area contributed by atoms with E-state index in [9.17, 15) is 9.90 Å². The molecule has 3 N–H and O–H groups in total. The lowest BCUT2D eigenvalue weighted by Gasteiger charge is -1.98. The molecular formula is C11H15NO3S. The first-order valence-electron chi connectivity index (χ1n) is 5.08. The van der Waals surface area contributed by atoms with Crippen LogP contribution in [0.15, 0.2) is 16.9 Å². The van der Waals surface area contributed by atoms with Crippen LogP contribution in [-0.4, -0.2) is 15.2 Å². The number of aromatic nitrogens is 1. The van der Waals surface area contributed by atoms with E-state index >= 15 is 0 Å². The van der Waals surface area contributed by atoms with Crippen molar-refractivity contribution in [3.63, 3.8) is 0 Å². The number of thiazole rings is 1. The fourth-order valence-corrected chi connectivity index (χ4v) is 2.06.